The summed E-state index contributed by atoms with van der Waals surface area (Å²) in [7, 11) is 0. The first-order valence-corrected chi connectivity index (χ1v) is 5.14. The topological polar surface area (TPSA) is 35.8 Å². The van der Waals surface area contributed by atoms with Gasteiger partial charge >= 0.3 is 0 Å². The van der Waals surface area contributed by atoms with Crippen molar-refractivity contribution in [1.29, 1.82) is 5.26 Å². The van der Waals surface area contributed by atoms with Crippen LogP contribution in [0.3, 0.4) is 0 Å². The SMILES string of the molecule is CCC(C#N)Nc1cc(Cl)c(F)c(Cl)c1. The van der Waals surface area contributed by atoms with Crippen molar-refractivity contribution >= 4 is 28.9 Å². The van der Waals surface area contributed by atoms with E-state index >= 15 is 0 Å². The number of nitriles is 1. The van der Waals surface area contributed by atoms with Gasteiger partial charge < -0.3 is 5.32 Å². The fraction of sp³-hybridized carbons (Fsp3) is 0.300. The van der Waals surface area contributed by atoms with Gasteiger partial charge in [-0.1, -0.05) is 30.1 Å². The van der Waals surface area contributed by atoms with Crippen LogP contribution >= 0.6 is 23.2 Å². The van der Waals surface area contributed by atoms with E-state index in [4.69, 9.17) is 28.5 Å². The first-order valence-electron chi connectivity index (χ1n) is 4.39. The molecule has 0 saturated carbocycles. The molecule has 0 fully saturated rings. The van der Waals surface area contributed by atoms with E-state index in [1.54, 1.807) is 0 Å². The molecule has 1 aromatic carbocycles. The van der Waals surface area contributed by atoms with Crippen LogP contribution in [-0.2, 0) is 0 Å². The van der Waals surface area contributed by atoms with E-state index in [9.17, 15) is 4.39 Å². The van der Waals surface area contributed by atoms with Gasteiger partial charge in [-0.25, -0.2) is 4.39 Å². The summed E-state index contributed by atoms with van der Waals surface area (Å²) in [5.74, 6) is -0.645. The Kier molecular flexibility index (Phi) is 4.19. The number of anilines is 1. The number of halogens is 3. The van der Waals surface area contributed by atoms with Gasteiger partial charge in [-0.05, 0) is 18.6 Å². The van der Waals surface area contributed by atoms with Crippen molar-refractivity contribution in [2.45, 2.75) is 19.4 Å². The molecule has 0 aliphatic carbocycles. The summed E-state index contributed by atoms with van der Waals surface area (Å²) in [6.45, 7) is 1.87. The van der Waals surface area contributed by atoms with E-state index < -0.39 is 5.82 Å². The summed E-state index contributed by atoms with van der Waals surface area (Å²) in [4.78, 5) is 0. The number of rotatable bonds is 3. The van der Waals surface area contributed by atoms with Gasteiger partial charge in [0.25, 0.3) is 0 Å². The lowest BCUT2D eigenvalue weighted by Crippen LogP contribution is -2.15. The van der Waals surface area contributed by atoms with Crippen molar-refractivity contribution in [2.75, 3.05) is 5.32 Å². The summed E-state index contributed by atoms with van der Waals surface area (Å²) < 4.78 is 13.1. The van der Waals surface area contributed by atoms with E-state index in [2.05, 4.69) is 11.4 Å². The third kappa shape index (κ3) is 2.98. The summed E-state index contributed by atoms with van der Waals surface area (Å²) in [6, 6.07) is 4.54. The molecule has 0 aromatic heterocycles. The maximum absolute atomic E-state index is 13.1. The zero-order valence-corrected chi connectivity index (χ0v) is 9.53. The molecule has 5 heteroatoms. The Balaban J connectivity index is 2.93. The molecule has 80 valence electrons. The first-order chi connectivity index (χ1) is 7.08. The molecule has 0 aliphatic heterocycles. The summed E-state index contributed by atoms with van der Waals surface area (Å²) in [5.41, 5.74) is 0.541. The van der Waals surface area contributed by atoms with Crippen molar-refractivity contribution in [2.24, 2.45) is 0 Å². The molecule has 1 aromatic rings. The van der Waals surface area contributed by atoms with E-state index in [0.717, 1.165) is 0 Å². The molecular weight excluding hydrogens is 238 g/mol. The molecule has 0 saturated heterocycles. The Hall–Kier alpha value is -0.980. The van der Waals surface area contributed by atoms with Gasteiger partial charge in [0.2, 0.25) is 0 Å². The quantitative estimate of drug-likeness (QED) is 0.823. The second-order valence-electron chi connectivity index (χ2n) is 2.99. The van der Waals surface area contributed by atoms with Gasteiger partial charge in [-0.2, -0.15) is 5.26 Å². The molecule has 2 nitrogen and oxygen atoms in total. The van der Waals surface area contributed by atoms with E-state index in [1.807, 2.05) is 6.92 Å². The minimum absolute atomic E-state index is 0.0576. The van der Waals surface area contributed by atoms with Crippen LogP contribution in [0.5, 0.6) is 0 Å². The highest BCUT2D eigenvalue weighted by atomic mass is 35.5. The summed E-state index contributed by atoms with van der Waals surface area (Å²) in [6.07, 6.45) is 0.642. The van der Waals surface area contributed by atoms with Crippen LogP contribution in [0.1, 0.15) is 13.3 Å². The monoisotopic (exact) mass is 246 g/mol. The van der Waals surface area contributed by atoms with Gasteiger partial charge in [0, 0.05) is 5.69 Å². The highest BCUT2D eigenvalue weighted by molar-refractivity contribution is 6.35. The average Bonchev–Trinajstić information content (AvgIpc) is 2.22. The van der Waals surface area contributed by atoms with Gasteiger partial charge in [0.05, 0.1) is 16.1 Å². The normalized spacial score (nSPS) is 11.9. The molecule has 1 atom stereocenters. The fourth-order valence-electron chi connectivity index (χ4n) is 1.07. The lowest BCUT2D eigenvalue weighted by molar-refractivity contribution is 0.628. The maximum Gasteiger partial charge on any atom is 0.160 e. The van der Waals surface area contributed by atoms with Crippen LogP contribution in [0.4, 0.5) is 10.1 Å². The molecule has 15 heavy (non-hydrogen) atoms. The van der Waals surface area contributed by atoms with E-state index in [0.29, 0.717) is 12.1 Å². The van der Waals surface area contributed by atoms with Crippen molar-refractivity contribution < 1.29 is 4.39 Å². The second kappa shape index (κ2) is 5.20. The lowest BCUT2D eigenvalue weighted by Gasteiger charge is -2.11. The third-order valence-corrected chi connectivity index (χ3v) is 2.44. The molecule has 1 N–H and O–H groups in total. The summed E-state index contributed by atoms with van der Waals surface area (Å²) in [5, 5.41) is 11.5. The second-order valence-corrected chi connectivity index (χ2v) is 3.80. The van der Waals surface area contributed by atoms with Crippen molar-refractivity contribution in [3.05, 3.63) is 28.0 Å². The van der Waals surface area contributed by atoms with Crippen LogP contribution in [0.2, 0.25) is 10.0 Å². The van der Waals surface area contributed by atoms with Crippen LogP contribution in [0.15, 0.2) is 12.1 Å². The number of nitrogens with zero attached hydrogens (tertiary/aromatic N) is 1. The Labute approximate surface area is 97.6 Å². The highest BCUT2D eigenvalue weighted by Gasteiger charge is 2.10. The number of benzene rings is 1. The van der Waals surface area contributed by atoms with Crippen molar-refractivity contribution in [3.8, 4) is 6.07 Å². The number of hydrogen-bond donors (Lipinski definition) is 1. The minimum atomic E-state index is -0.645. The Bertz CT molecular complexity index is 378. The van der Waals surface area contributed by atoms with Gasteiger partial charge in [-0.3, -0.25) is 0 Å². The molecule has 0 radical (unpaired) electrons. The highest BCUT2D eigenvalue weighted by Crippen LogP contribution is 2.27. The predicted molar refractivity (Wildman–Crippen MR) is 59.7 cm³/mol. The molecule has 1 unspecified atom stereocenters. The van der Waals surface area contributed by atoms with Crippen molar-refractivity contribution in [1.82, 2.24) is 0 Å². The lowest BCUT2D eigenvalue weighted by atomic mass is 10.2. The Morgan fingerprint density at radius 1 is 1.47 bits per heavy atom. The van der Waals surface area contributed by atoms with Gasteiger partial charge in [0.1, 0.15) is 6.04 Å². The van der Waals surface area contributed by atoms with Gasteiger partial charge in [-0.15, -0.1) is 0 Å². The third-order valence-electron chi connectivity index (χ3n) is 1.89. The molecule has 0 spiro atoms. The molecule has 0 heterocycles. The minimum Gasteiger partial charge on any atom is -0.370 e. The molecule has 0 bridgehead atoms. The molecular formula is C10H9Cl2FN2. The fourth-order valence-corrected chi connectivity index (χ4v) is 1.55. The van der Waals surface area contributed by atoms with Crippen LogP contribution < -0.4 is 5.32 Å². The Morgan fingerprint density at radius 3 is 2.40 bits per heavy atom. The summed E-state index contributed by atoms with van der Waals surface area (Å²) >= 11 is 11.2. The maximum atomic E-state index is 13.1. The van der Waals surface area contributed by atoms with E-state index in [-0.39, 0.29) is 16.1 Å². The van der Waals surface area contributed by atoms with E-state index in [1.165, 1.54) is 12.1 Å². The van der Waals surface area contributed by atoms with Crippen LogP contribution in [0, 0.1) is 17.1 Å². The Morgan fingerprint density at radius 2 is 2.00 bits per heavy atom. The molecule has 0 aliphatic rings. The van der Waals surface area contributed by atoms with Crippen LogP contribution in [0.25, 0.3) is 0 Å². The average molecular weight is 247 g/mol. The number of hydrogen-bond acceptors (Lipinski definition) is 2. The zero-order chi connectivity index (χ0) is 11.4. The number of nitrogens with one attached hydrogen (secondary N) is 1. The molecule has 1 rings (SSSR count). The van der Waals surface area contributed by atoms with Crippen LogP contribution in [-0.4, -0.2) is 6.04 Å². The van der Waals surface area contributed by atoms with Gasteiger partial charge in [0.15, 0.2) is 5.82 Å². The predicted octanol–water partition coefficient (Wildman–Crippen LogP) is 3.85. The van der Waals surface area contributed by atoms with Crippen molar-refractivity contribution in [3.63, 3.8) is 0 Å². The molecule has 0 amide bonds. The smallest absolute Gasteiger partial charge is 0.160 e. The first kappa shape index (κ1) is 12.1. The largest absolute Gasteiger partial charge is 0.370 e. The standard InChI is InChI=1S/C10H9Cl2FN2/c1-2-6(5-14)15-7-3-8(11)10(13)9(12)4-7/h3-4,6,15H,2H2,1H3. The zero-order valence-electron chi connectivity index (χ0n) is 8.02.